The number of aryl methyl sites for hydroxylation is 1. The number of hydrogen-bond donors (Lipinski definition) is 0. The molecular formula is C16H14FIN4O3S. The fourth-order valence-electron chi connectivity index (χ4n) is 3.23. The van der Waals surface area contributed by atoms with Crippen molar-refractivity contribution in [2.45, 2.75) is 18.4 Å². The Kier molecular flexibility index (Phi) is 3.75. The van der Waals surface area contributed by atoms with E-state index in [2.05, 4.69) is 5.10 Å². The van der Waals surface area contributed by atoms with Crippen LogP contribution in [0.5, 0.6) is 5.75 Å². The highest BCUT2D eigenvalue weighted by Crippen LogP contribution is 2.52. The summed E-state index contributed by atoms with van der Waals surface area (Å²) in [5.74, 6) is -0.569. The number of anilines is 1. The standard InChI is InChI=1S/C16H14FIN4O3S/c1-21-14(11(18)7-20-21)13-9(6-19)15-12(5-10(13)17)22(26(2,23)24)8-16(25-15)3-4-16/h5,7H,3-4,8H2,1-2H3. The number of ether oxygens (including phenoxy) is 1. The molecule has 2 heterocycles. The van der Waals surface area contributed by atoms with Crippen molar-refractivity contribution < 1.29 is 17.5 Å². The van der Waals surface area contributed by atoms with Crippen molar-refractivity contribution in [3.63, 3.8) is 0 Å². The molecule has 1 aromatic carbocycles. The summed E-state index contributed by atoms with van der Waals surface area (Å²) in [6, 6.07) is 3.14. The molecule has 0 unspecified atom stereocenters. The highest BCUT2D eigenvalue weighted by atomic mass is 127. The van der Waals surface area contributed by atoms with Gasteiger partial charge in [-0.2, -0.15) is 10.4 Å². The molecular weight excluding hydrogens is 474 g/mol. The van der Waals surface area contributed by atoms with Crippen LogP contribution in [0.1, 0.15) is 18.4 Å². The molecule has 1 fully saturated rings. The fraction of sp³-hybridized carbons (Fsp3) is 0.375. The largest absolute Gasteiger partial charge is 0.482 e. The third-order valence-electron chi connectivity index (χ3n) is 4.68. The van der Waals surface area contributed by atoms with Gasteiger partial charge in [-0.3, -0.25) is 8.99 Å². The van der Waals surface area contributed by atoms with Crippen LogP contribution in [-0.4, -0.2) is 36.6 Å². The summed E-state index contributed by atoms with van der Waals surface area (Å²) in [4.78, 5) is 0. The van der Waals surface area contributed by atoms with Gasteiger partial charge in [0.2, 0.25) is 10.0 Å². The topological polar surface area (TPSA) is 88.2 Å². The van der Waals surface area contributed by atoms with Gasteiger partial charge in [0.15, 0.2) is 5.75 Å². The van der Waals surface area contributed by atoms with Crippen molar-refractivity contribution in [1.29, 1.82) is 5.26 Å². The lowest BCUT2D eigenvalue weighted by atomic mass is 10.0. The minimum atomic E-state index is -3.64. The zero-order valence-electron chi connectivity index (χ0n) is 14.0. The second kappa shape index (κ2) is 5.56. The average molecular weight is 488 g/mol. The van der Waals surface area contributed by atoms with Crippen molar-refractivity contribution in [3.05, 3.63) is 27.2 Å². The predicted octanol–water partition coefficient (Wildman–Crippen LogP) is 2.39. The molecule has 1 aliphatic heterocycles. The first-order valence-electron chi connectivity index (χ1n) is 7.78. The minimum absolute atomic E-state index is 0.0128. The zero-order chi connectivity index (χ0) is 18.9. The van der Waals surface area contributed by atoms with Gasteiger partial charge in [-0.15, -0.1) is 0 Å². The van der Waals surface area contributed by atoms with E-state index in [9.17, 15) is 13.7 Å². The summed E-state index contributed by atoms with van der Waals surface area (Å²) in [6.07, 6.45) is 4.03. The van der Waals surface area contributed by atoms with Crippen LogP contribution in [0, 0.1) is 20.7 Å². The summed E-state index contributed by atoms with van der Waals surface area (Å²) in [5.41, 5.74) is -0.0496. The van der Waals surface area contributed by atoms with E-state index >= 15 is 4.39 Å². The molecule has 2 aliphatic rings. The Morgan fingerprint density at radius 2 is 2.15 bits per heavy atom. The van der Waals surface area contributed by atoms with Crippen LogP contribution in [0.3, 0.4) is 0 Å². The molecule has 0 saturated heterocycles. The van der Waals surface area contributed by atoms with Gasteiger partial charge in [-0.25, -0.2) is 12.8 Å². The Morgan fingerprint density at radius 3 is 2.65 bits per heavy atom. The Bertz CT molecular complexity index is 1070. The Balaban J connectivity index is 2.04. The Morgan fingerprint density at radius 1 is 1.46 bits per heavy atom. The van der Waals surface area contributed by atoms with Crippen LogP contribution in [0.2, 0.25) is 0 Å². The van der Waals surface area contributed by atoms with Crippen LogP contribution < -0.4 is 9.04 Å². The molecule has 1 aliphatic carbocycles. The number of rotatable bonds is 2. The molecule has 0 atom stereocenters. The van der Waals surface area contributed by atoms with Crippen LogP contribution >= 0.6 is 22.6 Å². The number of halogens is 2. The first kappa shape index (κ1) is 17.5. The number of hydrogen-bond acceptors (Lipinski definition) is 5. The fourth-order valence-corrected chi connectivity index (χ4v) is 4.93. The van der Waals surface area contributed by atoms with E-state index in [-0.39, 0.29) is 29.1 Å². The van der Waals surface area contributed by atoms with Gasteiger partial charge in [-0.05, 0) is 35.4 Å². The van der Waals surface area contributed by atoms with Crippen LogP contribution in [0.25, 0.3) is 11.3 Å². The molecule has 1 spiro atoms. The Hall–Kier alpha value is -1.87. The summed E-state index contributed by atoms with van der Waals surface area (Å²) < 4.78 is 48.9. The van der Waals surface area contributed by atoms with E-state index in [1.54, 1.807) is 13.2 Å². The normalized spacial score (nSPS) is 17.6. The zero-order valence-corrected chi connectivity index (χ0v) is 16.9. The van der Waals surface area contributed by atoms with Crippen LogP contribution in [0.15, 0.2) is 12.3 Å². The SMILES string of the molecule is Cn1ncc(I)c1-c1c(F)cc2c(c1C#N)OC1(CC1)CN2S(C)(=O)=O. The maximum Gasteiger partial charge on any atom is 0.232 e. The number of nitriles is 1. The van der Waals surface area contributed by atoms with E-state index in [4.69, 9.17) is 4.74 Å². The molecule has 136 valence electrons. The first-order chi connectivity index (χ1) is 12.2. The predicted molar refractivity (Wildman–Crippen MR) is 101 cm³/mol. The summed E-state index contributed by atoms with van der Waals surface area (Å²) >= 11 is 2.02. The van der Waals surface area contributed by atoms with Crippen LogP contribution in [0.4, 0.5) is 10.1 Å². The van der Waals surface area contributed by atoms with E-state index in [1.807, 2.05) is 28.7 Å². The quantitative estimate of drug-likeness (QED) is 0.606. The molecule has 0 radical (unpaired) electrons. The Labute approximate surface area is 163 Å². The summed E-state index contributed by atoms with van der Waals surface area (Å²) in [7, 11) is -1.98. The van der Waals surface area contributed by atoms with Crippen molar-refractivity contribution in [1.82, 2.24) is 9.78 Å². The average Bonchev–Trinajstić information content (AvgIpc) is 3.23. The lowest BCUT2D eigenvalue weighted by Gasteiger charge is -2.36. The molecule has 0 N–H and O–H groups in total. The van der Waals surface area contributed by atoms with Gasteiger partial charge in [0.25, 0.3) is 0 Å². The van der Waals surface area contributed by atoms with Crippen LogP contribution in [-0.2, 0) is 17.1 Å². The summed E-state index contributed by atoms with van der Waals surface area (Å²) in [6.45, 7) is 0.131. The third kappa shape index (κ3) is 2.56. The van der Waals surface area contributed by atoms with Crippen molar-refractivity contribution >= 4 is 38.3 Å². The molecule has 1 saturated carbocycles. The number of nitrogens with zero attached hydrogens (tertiary/aromatic N) is 4. The van der Waals surface area contributed by atoms with Crippen molar-refractivity contribution in [2.24, 2.45) is 7.05 Å². The smallest absolute Gasteiger partial charge is 0.232 e. The molecule has 1 aromatic heterocycles. The molecule has 7 nitrogen and oxygen atoms in total. The second-order valence-corrected chi connectivity index (χ2v) is 9.66. The lowest BCUT2D eigenvalue weighted by Crippen LogP contribution is -2.45. The van der Waals surface area contributed by atoms with Gasteiger partial charge >= 0.3 is 0 Å². The maximum absolute atomic E-state index is 15.0. The van der Waals surface area contributed by atoms with E-state index in [0.29, 0.717) is 22.1 Å². The number of sulfonamides is 1. The van der Waals surface area contributed by atoms with Gasteiger partial charge in [0.1, 0.15) is 23.1 Å². The minimum Gasteiger partial charge on any atom is -0.482 e. The second-order valence-electron chi connectivity index (χ2n) is 6.59. The van der Waals surface area contributed by atoms with Crippen molar-refractivity contribution in [2.75, 3.05) is 17.1 Å². The van der Waals surface area contributed by atoms with E-state index in [1.165, 1.54) is 4.68 Å². The van der Waals surface area contributed by atoms with E-state index in [0.717, 1.165) is 16.6 Å². The van der Waals surface area contributed by atoms with Gasteiger partial charge in [-0.1, -0.05) is 0 Å². The monoisotopic (exact) mass is 488 g/mol. The molecule has 4 rings (SSSR count). The van der Waals surface area contributed by atoms with Crippen molar-refractivity contribution in [3.8, 4) is 23.1 Å². The van der Waals surface area contributed by atoms with Gasteiger partial charge < -0.3 is 4.74 Å². The van der Waals surface area contributed by atoms with E-state index < -0.39 is 21.4 Å². The highest BCUT2D eigenvalue weighted by Gasteiger charge is 2.53. The summed E-state index contributed by atoms with van der Waals surface area (Å²) in [5, 5.41) is 13.9. The maximum atomic E-state index is 15.0. The highest BCUT2D eigenvalue weighted by molar-refractivity contribution is 14.1. The number of benzene rings is 1. The molecule has 26 heavy (non-hydrogen) atoms. The molecule has 2 aromatic rings. The van der Waals surface area contributed by atoms with Gasteiger partial charge in [0, 0.05) is 13.1 Å². The third-order valence-corrected chi connectivity index (χ3v) is 6.60. The van der Waals surface area contributed by atoms with Gasteiger partial charge in [0.05, 0.1) is 39.5 Å². The number of fused-ring (bicyclic) bond motifs is 1. The molecule has 0 bridgehead atoms. The lowest BCUT2D eigenvalue weighted by molar-refractivity contribution is 0.177. The molecule has 10 heteroatoms. The number of aromatic nitrogens is 2. The first-order valence-corrected chi connectivity index (χ1v) is 10.7. The molecule has 0 amide bonds.